The largest absolute Gasteiger partial charge is 0.444 e. The van der Waals surface area contributed by atoms with Crippen molar-refractivity contribution in [1.82, 2.24) is 10.2 Å². The molecule has 0 aromatic heterocycles. The Labute approximate surface area is 129 Å². The van der Waals surface area contributed by atoms with Crippen LogP contribution in [-0.2, 0) is 9.47 Å². The number of likely N-dealkylation sites (N-methyl/N-ethyl adjacent to an activating group) is 1. The Bertz CT molecular complexity index is 290. The molecule has 0 bridgehead atoms. The fraction of sp³-hybridized carbons (Fsp3) is 0.933. The van der Waals surface area contributed by atoms with Gasteiger partial charge in [-0.15, -0.1) is 0 Å². The van der Waals surface area contributed by atoms with Crippen LogP contribution in [0.2, 0.25) is 0 Å². The van der Waals surface area contributed by atoms with Crippen LogP contribution in [0.15, 0.2) is 0 Å². The molecule has 126 valence electrons. The lowest BCUT2D eigenvalue weighted by Gasteiger charge is -2.27. The number of rotatable bonds is 9. The summed E-state index contributed by atoms with van der Waals surface area (Å²) in [5.41, 5.74) is 5.33. The van der Waals surface area contributed by atoms with E-state index in [2.05, 4.69) is 10.2 Å². The van der Waals surface area contributed by atoms with Crippen molar-refractivity contribution in [3.63, 3.8) is 0 Å². The molecule has 0 heterocycles. The Morgan fingerprint density at radius 2 is 1.95 bits per heavy atom. The molecule has 1 amide bonds. The first-order valence-corrected chi connectivity index (χ1v) is 7.64. The third kappa shape index (κ3) is 11.5. The molecule has 3 N–H and O–H groups in total. The zero-order valence-corrected chi connectivity index (χ0v) is 14.4. The molecule has 6 heteroatoms. The molecule has 0 fully saturated rings. The standard InChI is InChI=1S/C15H33N3O3/c1-12(2)20-10-9-18(6)13(11-16)7-8-17-14(19)21-15(3,4)5/h12-13H,7-11,16H2,1-6H3,(H,17,19). The topological polar surface area (TPSA) is 76.8 Å². The van der Waals surface area contributed by atoms with Gasteiger partial charge in [0.1, 0.15) is 5.60 Å². The normalized spacial score (nSPS) is 13.6. The Morgan fingerprint density at radius 3 is 2.43 bits per heavy atom. The number of carbonyl (C=O) groups excluding carboxylic acids is 1. The molecule has 0 rings (SSSR count). The Morgan fingerprint density at radius 1 is 1.33 bits per heavy atom. The lowest BCUT2D eigenvalue weighted by molar-refractivity contribution is 0.0496. The second kappa shape index (κ2) is 9.97. The van der Waals surface area contributed by atoms with Crippen LogP contribution in [0.4, 0.5) is 4.79 Å². The molecule has 0 aliphatic carbocycles. The minimum atomic E-state index is -0.470. The summed E-state index contributed by atoms with van der Waals surface area (Å²) in [5.74, 6) is 0. The molecule has 1 atom stereocenters. The van der Waals surface area contributed by atoms with Gasteiger partial charge >= 0.3 is 6.09 Å². The van der Waals surface area contributed by atoms with Gasteiger partial charge in [-0.05, 0) is 48.1 Å². The number of amides is 1. The highest BCUT2D eigenvalue weighted by Gasteiger charge is 2.17. The smallest absolute Gasteiger partial charge is 0.407 e. The molecular weight excluding hydrogens is 270 g/mol. The van der Waals surface area contributed by atoms with Crippen molar-refractivity contribution in [2.45, 2.75) is 58.8 Å². The van der Waals surface area contributed by atoms with Gasteiger partial charge < -0.3 is 20.5 Å². The highest BCUT2D eigenvalue weighted by Crippen LogP contribution is 2.06. The monoisotopic (exact) mass is 303 g/mol. The van der Waals surface area contributed by atoms with Crippen molar-refractivity contribution in [3.8, 4) is 0 Å². The van der Waals surface area contributed by atoms with Crippen molar-refractivity contribution >= 4 is 6.09 Å². The fourth-order valence-electron chi connectivity index (χ4n) is 1.79. The van der Waals surface area contributed by atoms with Crippen LogP contribution in [0.3, 0.4) is 0 Å². The zero-order valence-electron chi connectivity index (χ0n) is 14.4. The number of alkyl carbamates (subject to hydrolysis) is 1. The van der Waals surface area contributed by atoms with E-state index in [1.165, 1.54) is 0 Å². The molecule has 0 saturated carbocycles. The van der Waals surface area contributed by atoms with Gasteiger partial charge in [0.25, 0.3) is 0 Å². The molecule has 0 saturated heterocycles. The van der Waals surface area contributed by atoms with Gasteiger partial charge in [0.2, 0.25) is 0 Å². The molecule has 0 radical (unpaired) electrons. The van der Waals surface area contributed by atoms with E-state index in [0.717, 1.165) is 13.0 Å². The van der Waals surface area contributed by atoms with Gasteiger partial charge in [-0.3, -0.25) is 4.90 Å². The number of hydrogen-bond donors (Lipinski definition) is 2. The first kappa shape index (κ1) is 20.1. The maximum absolute atomic E-state index is 11.5. The van der Waals surface area contributed by atoms with Crippen LogP contribution in [0.5, 0.6) is 0 Å². The summed E-state index contributed by atoms with van der Waals surface area (Å²) in [5, 5.41) is 2.76. The molecule has 0 spiro atoms. The molecule has 0 aromatic rings. The van der Waals surface area contributed by atoms with E-state index in [4.69, 9.17) is 15.2 Å². The average molecular weight is 303 g/mol. The molecule has 1 unspecified atom stereocenters. The van der Waals surface area contributed by atoms with E-state index < -0.39 is 5.60 Å². The van der Waals surface area contributed by atoms with Gasteiger partial charge in [-0.2, -0.15) is 0 Å². The van der Waals surface area contributed by atoms with E-state index in [1.54, 1.807) is 0 Å². The predicted molar refractivity (Wildman–Crippen MR) is 85.4 cm³/mol. The minimum absolute atomic E-state index is 0.218. The summed E-state index contributed by atoms with van der Waals surface area (Å²) >= 11 is 0. The lowest BCUT2D eigenvalue weighted by Crippen LogP contribution is -2.42. The van der Waals surface area contributed by atoms with E-state index >= 15 is 0 Å². The van der Waals surface area contributed by atoms with Gasteiger partial charge in [0.05, 0.1) is 12.7 Å². The first-order chi connectivity index (χ1) is 9.65. The van der Waals surface area contributed by atoms with Gasteiger partial charge in [0, 0.05) is 25.7 Å². The maximum atomic E-state index is 11.5. The minimum Gasteiger partial charge on any atom is -0.444 e. The third-order valence-electron chi connectivity index (χ3n) is 2.94. The average Bonchev–Trinajstić information content (AvgIpc) is 2.31. The fourth-order valence-corrected chi connectivity index (χ4v) is 1.79. The van der Waals surface area contributed by atoms with Gasteiger partial charge in [0.15, 0.2) is 0 Å². The SMILES string of the molecule is CC(C)OCCN(C)C(CN)CCNC(=O)OC(C)(C)C. The van der Waals surface area contributed by atoms with E-state index in [0.29, 0.717) is 19.7 Å². The van der Waals surface area contributed by atoms with E-state index in [1.807, 2.05) is 41.7 Å². The van der Waals surface area contributed by atoms with E-state index in [-0.39, 0.29) is 18.2 Å². The van der Waals surface area contributed by atoms with Crippen LogP contribution >= 0.6 is 0 Å². The number of nitrogens with one attached hydrogen (secondary N) is 1. The van der Waals surface area contributed by atoms with Gasteiger partial charge in [-0.25, -0.2) is 4.79 Å². The number of nitrogens with two attached hydrogens (primary N) is 1. The van der Waals surface area contributed by atoms with Crippen molar-refractivity contribution < 1.29 is 14.3 Å². The molecule has 0 aliphatic heterocycles. The van der Waals surface area contributed by atoms with Crippen LogP contribution in [-0.4, -0.2) is 62.0 Å². The van der Waals surface area contributed by atoms with Crippen LogP contribution < -0.4 is 11.1 Å². The summed E-state index contributed by atoms with van der Waals surface area (Å²) in [4.78, 5) is 13.7. The maximum Gasteiger partial charge on any atom is 0.407 e. The van der Waals surface area contributed by atoms with Crippen LogP contribution in [0.25, 0.3) is 0 Å². The molecule has 6 nitrogen and oxygen atoms in total. The quantitative estimate of drug-likeness (QED) is 0.676. The van der Waals surface area contributed by atoms with Crippen molar-refractivity contribution in [2.75, 3.05) is 33.3 Å². The van der Waals surface area contributed by atoms with E-state index in [9.17, 15) is 4.79 Å². The number of nitrogens with zero attached hydrogens (tertiary/aromatic N) is 1. The molecule has 21 heavy (non-hydrogen) atoms. The summed E-state index contributed by atoms with van der Waals surface area (Å²) in [7, 11) is 2.02. The Balaban J connectivity index is 3.95. The summed E-state index contributed by atoms with van der Waals surface area (Å²) in [6.45, 7) is 12.2. The zero-order chi connectivity index (χ0) is 16.5. The number of carbonyl (C=O) groups is 1. The summed E-state index contributed by atoms with van der Waals surface area (Å²) in [6.07, 6.45) is 0.640. The molecular formula is C15H33N3O3. The lowest BCUT2D eigenvalue weighted by atomic mass is 10.2. The van der Waals surface area contributed by atoms with Crippen LogP contribution in [0.1, 0.15) is 41.0 Å². The van der Waals surface area contributed by atoms with Crippen LogP contribution in [0, 0.1) is 0 Å². The van der Waals surface area contributed by atoms with Crippen molar-refractivity contribution in [2.24, 2.45) is 5.73 Å². The molecule has 0 aliphatic rings. The third-order valence-corrected chi connectivity index (χ3v) is 2.94. The summed E-state index contributed by atoms with van der Waals surface area (Å²) in [6, 6.07) is 0.218. The molecule has 0 aromatic carbocycles. The Kier molecular flexibility index (Phi) is 9.57. The number of hydrogen-bond acceptors (Lipinski definition) is 5. The number of ether oxygens (including phenoxy) is 2. The highest BCUT2D eigenvalue weighted by molar-refractivity contribution is 5.67. The summed E-state index contributed by atoms with van der Waals surface area (Å²) < 4.78 is 10.7. The van der Waals surface area contributed by atoms with Gasteiger partial charge in [-0.1, -0.05) is 0 Å². The van der Waals surface area contributed by atoms with Crippen molar-refractivity contribution in [3.05, 3.63) is 0 Å². The predicted octanol–water partition coefficient (Wildman–Crippen LogP) is 1.59. The van der Waals surface area contributed by atoms with Crippen molar-refractivity contribution in [1.29, 1.82) is 0 Å². The highest BCUT2D eigenvalue weighted by atomic mass is 16.6. The second-order valence-electron chi connectivity index (χ2n) is 6.51. The second-order valence-corrected chi connectivity index (χ2v) is 6.51. The Hall–Kier alpha value is -0.850. The first-order valence-electron chi connectivity index (χ1n) is 7.64.